The minimum absolute atomic E-state index is 0.872. The summed E-state index contributed by atoms with van der Waals surface area (Å²) in [6, 6.07) is 0. The zero-order valence-corrected chi connectivity index (χ0v) is 15.0. The first kappa shape index (κ1) is 14.8. The zero-order chi connectivity index (χ0) is 12.9. The standard InChI is InChI=1S/C13H29ClSi2/c1-9-10(2)12(4)13(11(9)3)15(5,6)16(7,8)14/h9-13H,1-8H3. The van der Waals surface area contributed by atoms with Crippen molar-refractivity contribution in [3.63, 3.8) is 0 Å². The number of hydrogen-bond acceptors (Lipinski definition) is 0. The second kappa shape index (κ2) is 4.43. The molecule has 0 aromatic rings. The molecule has 0 spiro atoms. The molecule has 4 atom stereocenters. The zero-order valence-electron chi connectivity index (χ0n) is 12.3. The molecule has 4 unspecified atom stereocenters. The van der Waals surface area contributed by atoms with Crippen molar-refractivity contribution in [2.24, 2.45) is 23.7 Å². The van der Waals surface area contributed by atoms with Gasteiger partial charge in [0, 0.05) is 0 Å². The Hall–Kier alpha value is 0.724. The average Bonchev–Trinajstić information content (AvgIpc) is 2.29. The molecule has 0 aliphatic heterocycles. The molecule has 3 heteroatoms. The summed E-state index contributed by atoms with van der Waals surface area (Å²) in [5.74, 6) is 3.49. The van der Waals surface area contributed by atoms with Gasteiger partial charge < -0.3 is 0 Å². The Labute approximate surface area is 109 Å². The van der Waals surface area contributed by atoms with E-state index in [1.807, 2.05) is 0 Å². The van der Waals surface area contributed by atoms with Crippen LogP contribution in [0.1, 0.15) is 27.7 Å². The summed E-state index contributed by atoms with van der Waals surface area (Å²) in [5.41, 5.74) is 0.927. The van der Waals surface area contributed by atoms with Crippen LogP contribution in [0.15, 0.2) is 0 Å². The summed E-state index contributed by atoms with van der Waals surface area (Å²) in [7, 11) is -1.28. The molecule has 1 aliphatic rings. The number of hydrogen-bond donors (Lipinski definition) is 0. The van der Waals surface area contributed by atoms with E-state index in [0.717, 1.165) is 29.2 Å². The largest absolute Gasteiger partial charge is 0.171 e. The second-order valence-corrected chi connectivity index (χ2v) is 25.6. The molecule has 1 fully saturated rings. The van der Waals surface area contributed by atoms with Gasteiger partial charge in [-0.3, -0.25) is 0 Å². The topological polar surface area (TPSA) is 0 Å². The third-order valence-electron chi connectivity index (χ3n) is 5.99. The van der Waals surface area contributed by atoms with Crippen molar-refractivity contribution in [1.82, 2.24) is 0 Å². The van der Waals surface area contributed by atoms with Crippen LogP contribution in [0.4, 0.5) is 0 Å². The van der Waals surface area contributed by atoms with Crippen LogP contribution in [0, 0.1) is 23.7 Å². The predicted molar refractivity (Wildman–Crippen MR) is 81.2 cm³/mol. The third kappa shape index (κ3) is 2.17. The maximum Gasteiger partial charge on any atom is 0.141 e. The molecule has 16 heavy (non-hydrogen) atoms. The Morgan fingerprint density at radius 1 is 0.688 bits per heavy atom. The maximum absolute atomic E-state index is 6.83. The molecule has 0 amide bonds. The van der Waals surface area contributed by atoms with Crippen LogP contribution in [-0.2, 0) is 0 Å². The SMILES string of the molecule is CC1C(C)C(C)C([Si](C)(C)[Si](C)(C)Cl)C1C. The Morgan fingerprint density at radius 3 is 1.25 bits per heavy atom. The van der Waals surface area contributed by atoms with E-state index in [1.54, 1.807) is 0 Å². The van der Waals surface area contributed by atoms with Crippen LogP contribution >= 0.6 is 11.1 Å². The molecule has 0 bridgehead atoms. The summed E-state index contributed by atoms with van der Waals surface area (Å²) in [4.78, 5) is 0. The lowest BCUT2D eigenvalue weighted by molar-refractivity contribution is 0.352. The average molecular weight is 277 g/mol. The van der Waals surface area contributed by atoms with Crippen molar-refractivity contribution < 1.29 is 0 Å². The maximum atomic E-state index is 6.83. The van der Waals surface area contributed by atoms with E-state index >= 15 is 0 Å². The van der Waals surface area contributed by atoms with Crippen molar-refractivity contribution in [3.05, 3.63) is 0 Å². The van der Waals surface area contributed by atoms with E-state index in [4.69, 9.17) is 11.1 Å². The minimum Gasteiger partial charge on any atom is -0.171 e. The van der Waals surface area contributed by atoms with Gasteiger partial charge >= 0.3 is 0 Å². The quantitative estimate of drug-likeness (QED) is 0.484. The van der Waals surface area contributed by atoms with Crippen LogP contribution in [-0.4, -0.2) is 14.5 Å². The van der Waals surface area contributed by atoms with Crippen molar-refractivity contribution in [2.45, 2.75) is 59.4 Å². The smallest absolute Gasteiger partial charge is 0.141 e. The van der Waals surface area contributed by atoms with Gasteiger partial charge in [0.25, 0.3) is 0 Å². The van der Waals surface area contributed by atoms with Crippen LogP contribution in [0.25, 0.3) is 0 Å². The van der Waals surface area contributed by atoms with E-state index < -0.39 is 14.5 Å². The fourth-order valence-corrected chi connectivity index (χ4v) is 12.9. The van der Waals surface area contributed by atoms with E-state index in [9.17, 15) is 0 Å². The summed E-state index contributed by atoms with van der Waals surface area (Å²) in [6.07, 6.45) is 0. The molecular weight excluding hydrogens is 248 g/mol. The lowest BCUT2D eigenvalue weighted by Crippen LogP contribution is -2.56. The minimum atomic E-state index is -1.48. The summed E-state index contributed by atoms with van der Waals surface area (Å²) in [6.45, 7) is 18.2. The molecule has 0 radical (unpaired) electrons. The molecule has 96 valence electrons. The van der Waals surface area contributed by atoms with Crippen LogP contribution in [0.2, 0.25) is 31.7 Å². The van der Waals surface area contributed by atoms with E-state index in [0.29, 0.717) is 0 Å². The van der Waals surface area contributed by atoms with Gasteiger partial charge in [-0.1, -0.05) is 53.9 Å². The van der Waals surface area contributed by atoms with E-state index in [1.165, 1.54) is 0 Å². The third-order valence-corrected chi connectivity index (χ3v) is 26.3. The van der Waals surface area contributed by atoms with Crippen molar-refractivity contribution in [3.8, 4) is 0 Å². The highest BCUT2D eigenvalue weighted by molar-refractivity contribution is 7.58. The first-order valence-electron chi connectivity index (χ1n) is 6.70. The predicted octanol–water partition coefficient (Wildman–Crippen LogP) is 5.15. The monoisotopic (exact) mass is 276 g/mol. The highest BCUT2D eigenvalue weighted by Crippen LogP contribution is 2.55. The lowest BCUT2D eigenvalue weighted by Gasteiger charge is -2.43. The van der Waals surface area contributed by atoms with Gasteiger partial charge in [0.15, 0.2) is 0 Å². The number of rotatable bonds is 2. The Morgan fingerprint density at radius 2 is 1.00 bits per heavy atom. The normalized spacial score (nSPS) is 41.4. The fraction of sp³-hybridized carbons (Fsp3) is 1.00. The van der Waals surface area contributed by atoms with Crippen LogP contribution < -0.4 is 0 Å². The first-order valence-corrected chi connectivity index (χ1v) is 14.8. The molecule has 0 aromatic heterocycles. The van der Waals surface area contributed by atoms with E-state index in [2.05, 4.69) is 53.9 Å². The Balaban J connectivity index is 3.05. The van der Waals surface area contributed by atoms with E-state index in [-0.39, 0.29) is 0 Å². The summed E-state index contributed by atoms with van der Waals surface area (Å²) >= 11 is 6.83. The molecule has 0 N–H and O–H groups in total. The summed E-state index contributed by atoms with van der Waals surface area (Å²) < 4.78 is 0. The molecule has 1 saturated carbocycles. The van der Waals surface area contributed by atoms with Crippen LogP contribution in [0.5, 0.6) is 0 Å². The first-order chi connectivity index (χ1) is 7.01. The molecule has 0 heterocycles. The number of halogens is 1. The highest BCUT2D eigenvalue weighted by Gasteiger charge is 2.55. The summed E-state index contributed by atoms with van der Waals surface area (Å²) in [5, 5.41) is 0. The van der Waals surface area contributed by atoms with Gasteiger partial charge in [-0.25, -0.2) is 0 Å². The van der Waals surface area contributed by atoms with Crippen molar-refractivity contribution in [2.75, 3.05) is 0 Å². The lowest BCUT2D eigenvalue weighted by atomic mass is 9.92. The van der Waals surface area contributed by atoms with Crippen molar-refractivity contribution in [1.29, 1.82) is 0 Å². The van der Waals surface area contributed by atoms with Gasteiger partial charge in [-0.15, -0.1) is 0 Å². The molecular formula is C13H29ClSi2. The molecule has 0 saturated heterocycles. The van der Waals surface area contributed by atoms with Gasteiger partial charge in [0.05, 0.1) is 7.59 Å². The van der Waals surface area contributed by atoms with Gasteiger partial charge in [0.1, 0.15) is 6.90 Å². The van der Waals surface area contributed by atoms with Crippen LogP contribution in [0.3, 0.4) is 0 Å². The Kier molecular flexibility index (Phi) is 4.10. The van der Waals surface area contributed by atoms with Gasteiger partial charge in [-0.05, 0) is 29.2 Å². The highest BCUT2D eigenvalue weighted by atomic mass is 35.6. The Bertz CT molecular complexity index is 243. The molecule has 1 aliphatic carbocycles. The van der Waals surface area contributed by atoms with Gasteiger partial charge in [0.2, 0.25) is 0 Å². The fourth-order valence-electron chi connectivity index (χ4n) is 3.80. The van der Waals surface area contributed by atoms with Crippen molar-refractivity contribution >= 4 is 25.6 Å². The van der Waals surface area contributed by atoms with Gasteiger partial charge in [-0.2, -0.15) is 11.1 Å². The molecule has 0 aromatic carbocycles. The molecule has 1 rings (SSSR count). The molecule has 0 nitrogen and oxygen atoms in total. The second-order valence-electron chi connectivity index (χ2n) is 7.16.